The van der Waals surface area contributed by atoms with Crippen molar-refractivity contribution in [2.45, 2.75) is 20.0 Å². The summed E-state index contributed by atoms with van der Waals surface area (Å²) in [7, 11) is 0. The maximum atomic E-state index is 12.1. The van der Waals surface area contributed by atoms with E-state index in [1.165, 1.54) is 0 Å². The Morgan fingerprint density at radius 3 is 2.77 bits per heavy atom. The second kappa shape index (κ2) is 7.26. The van der Waals surface area contributed by atoms with Crippen LogP contribution in [0.3, 0.4) is 0 Å². The number of guanidine groups is 1. The van der Waals surface area contributed by atoms with Gasteiger partial charge < -0.3 is 20.9 Å². The van der Waals surface area contributed by atoms with Crippen LogP contribution in [0, 0.1) is 0 Å². The minimum Gasteiger partial charge on any atom is -0.486 e. The lowest BCUT2D eigenvalue weighted by Crippen LogP contribution is -2.24. The van der Waals surface area contributed by atoms with Crippen LogP contribution in [0.15, 0.2) is 47.6 Å². The van der Waals surface area contributed by atoms with Crippen molar-refractivity contribution in [3.8, 4) is 11.6 Å². The van der Waals surface area contributed by atoms with Gasteiger partial charge in [-0.1, -0.05) is 0 Å². The van der Waals surface area contributed by atoms with Crippen LogP contribution in [0.25, 0.3) is 5.57 Å². The molecular weight excluding hydrogens is 332 g/mol. The van der Waals surface area contributed by atoms with Crippen LogP contribution >= 0.6 is 0 Å². The number of pyridine rings is 1. The molecule has 1 aliphatic rings. The number of nitrogens with zero attached hydrogens (tertiary/aromatic N) is 2. The zero-order chi connectivity index (χ0) is 18.7. The average Bonchev–Trinajstić information content (AvgIpc) is 2.61. The van der Waals surface area contributed by atoms with Crippen LogP contribution in [0.1, 0.15) is 35.3 Å². The standard InChI is InChI=1S/C19H20N4O3/c1-3-25-17-7-5-13(10-22-17)14-8-11(2)26-16-6-4-12(9-15(14)16)18(24)23-19(20)21/h4-11H,3H2,1-2H3,(H4,20,21,23,24). The third-order valence-electron chi connectivity index (χ3n) is 3.80. The Morgan fingerprint density at radius 1 is 1.31 bits per heavy atom. The number of amides is 1. The van der Waals surface area contributed by atoms with Crippen molar-refractivity contribution >= 4 is 17.4 Å². The van der Waals surface area contributed by atoms with Crippen LogP contribution in [0.2, 0.25) is 0 Å². The number of ether oxygens (including phenoxy) is 2. The van der Waals surface area contributed by atoms with Crippen LogP contribution in [-0.2, 0) is 0 Å². The molecule has 0 spiro atoms. The molecule has 0 fully saturated rings. The molecule has 3 rings (SSSR count). The van der Waals surface area contributed by atoms with Gasteiger partial charge in [0.2, 0.25) is 5.88 Å². The van der Waals surface area contributed by atoms with E-state index in [-0.39, 0.29) is 12.1 Å². The highest BCUT2D eigenvalue weighted by Crippen LogP contribution is 2.36. The lowest BCUT2D eigenvalue weighted by atomic mass is 9.93. The van der Waals surface area contributed by atoms with Gasteiger partial charge in [-0.15, -0.1) is 0 Å². The predicted octanol–water partition coefficient (Wildman–Crippen LogP) is 2.11. The number of carbonyl (C=O) groups is 1. The number of benzene rings is 1. The fourth-order valence-corrected chi connectivity index (χ4v) is 2.74. The largest absolute Gasteiger partial charge is 0.486 e. The van der Waals surface area contributed by atoms with Crippen molar-refractivity contribution < 1.29 is 14.3 Å². The molecule has 2 aromatic rings. The third kappa shape index (κ3) is 3.66. The van der Waals surface area contributed by atoms with E-state index in [9.17, 15) is 4.79 Å². The van der Waals surface area contributed by atoms with Crippen LogP contribution in [0.5, 0.6) is 11.6 Å². The van der Waals surface area contributed by atoms with Crippen molar-refractivity contribution in [3.05, 3.63) is 59.3 Å². The first-order chi connectivity index (χ1) is 12.5. The smallest absolute Gasteiger partial charge is 0.280 e. The van der Waals surface area contributed by atoms with Gasteiger partial charge >= 0.3 is 0 Å². The molecule has 0 saturated carbocycles. The summed E-state index contributed by atoms with van der Waals surface area (Å²) in [5.41, 5.74) is 13.6. The van der Waals surface area contributed by atoms with Gasteiger partial charge in [-0.25, -0.2) is 4.98 Å². The molecule has 0 aliphatic carbocycles. The molecule has 0 radical (unpaired) electrons. The molecule has 1 aromatic heterocycles. The summed E-state index contributed by atoms with van der Waals surface area (Å²) in [4.78, 5) is 20.0. The van der Waals surface area contributed by atoms with E-state index in [0.717, 1.165) is 16.7 Å². The molecule has 0 saturated heterocycles. The molecular formula is C19H20N4O3. The zero-order valence-corrected chi connectivity index (χ0v) is 14.6. The Kier molecular flexibility index (Phi) is 4.88. The van der Waals surface area contributed by atoms with Gasteiger partial charge in [-0.05, 0) is 49.8 Å². The van der Waals surface area contributed by atoms with Crippen LogP contribution < -0.4 is 20.9 Å². The molecule has 1 unspecified atom stereocenters. The summed E-state index contributed by atoms with van der Waals surface area (Å²) >= 11 is 0. The first-order valence-electron chi connectivity index (χ1n) is 8.24. The molecule has 26 heavy (non-hydrogen) atoms. The number of hydrogen-bond acceptors (Lipinski definition) is 4. The van der Waals surface area contributed by atoms with E-state index in [2.05, 4.69) is 9.98 Å². The SMILES string of the molecule is CCOc1ccc(C2=CC(C)Oc3ccc(C(=O)N=C(N)N)cc32)cn1. The number of aliphatic imine (C=N–C) groups is 1. The van der Waals surface area contributed by atoms with E-state index in [4.69, 9.17) is 20.9 Å². The quantitative estimate of drug-likeness (QED) is 0.644. The minimum atomic E-state index is -0.504. The van der Waals surface area contributed by atoms with Crippen molar-refractivity contribution in [3.63, 3.8) is 0 Å². The van der Waals surface area contributed by atoms with Gasteiger partial charge in [0.05, 0.1) is 6.61 Å². The third-order valence-corrected chi connectivity index (χ3v) is 3.80. The Morgan fingerprint density at radius 2 is 2.12 bits per heavy atom. The summed E-state index contributed by atoms with van der Waals surface area (Å²) in [6, 6.07) is 8.85. The second-order valence-electron chi connectivity index (χ2n) is 5.77. The molecule has 1 aromatic carbocycles. The van der Waals surface area contributed by atoms with Gasteiger partial charge in [0.15, 0.2) is 5.96 Å². The van der Waals surface area contributed by atoms with E-state index in [1.54, 1.807) is 24.4 Å². The fraction of sp³-hybridized carbons (Fsp3) is 0.211. The first-order valence-corrected chi connectivity index (χ1v) is 8.24. The number of carbonyl (C=O) groups excluding carboxylic acids is 1. The highest BCUT2D eigenvalue weighted by Gasteiger charge is 2.21. The number of aromatic nitrogens is 1. The molecule has 7 heteroatoms. The minimum absolute atomic E-state index is 0.108. The van der Waals surface area contributed by atoms with Gasteiger partial charge in [0.1, 0.15) is 11.9 Å². The number of fused-ring (bicyclic) bond motifs is 1. The molecule has 1 aliphatic heterocycles. The number of rotatable bonds is 4. The molecule has 2 heterocycles. The van der Waals surface area contributed by atoms with Crippen LogP contribution in [-0.4, -0.2) is 29.6 Å². The molecule has 7 nitrogen and oxygen atoms in total. The van der Waals surface area contributed by atoms with Crippen molar-refractivity contribution in [1.82, 2.24) is 4.98 Å². The second-order valence-corrected chi connectivity index (χ2v) is 5.77. The summed E-state index contributed by atoms with van der Waals surface area (Å²) in [6.07, 6.45) is 3.61. The Hall–Kier alpha value is -3.35. The number of hydrogen-bond donors (Lipinski definition) is 2. The summed E-state index contributed by atoms with van der Waals surface area (Å²) in [5, 5.41) is 0. The maximum Gasteiger partial charge on any atom is 0.280 e. The van der Waals surface area contributed by atoms with Gasteiger partial charge in [0.25, 0.3) is 5.91 Å². The summed E-state index contributed by atoms with van der Waals surface area (Å²) in [5.74, 6) is 0.471. The first kappa shape index (κ1) is 17.5. The lowest BCUT2D eigenvalue weighted by molar-refractivity contribution is 0.100. The molecule has 0 bridgehead atoms. The molecule has 1 atom stereocenters. The Labute approximate surface area is 151 Å². The van der Waals surface area contributed by atoms with E-state index in [0.29, 0.717) is 23.8 Å². The highest BCUT2D eigenvalue weighted by molar-refractivity contribution is 6.03. The fourth-order valence-electron chi connectivity index (χ4n) is 2.74. The molecule has 4 N–H and O–H groups in total. The highest BCUT2D eigenvalue weighted by atomic mass is 16.5. The maximum absolute atomic E-state index is 12.1. The van der Waals surface area contributed by atoms with Gasteiger partial charge in [-0.3, -0.25) is 4.79 Å². The zero-order valence-electron chi connectivity index (χ0n) is 14.6. The topological polar surface area (TPSA) is 113 Å². The summed E-state index contributed by atoms with van der Waals surface area (Å²) in [6.45, 7) is 4.41. The lowest BCUT2D eigenvalue weighted by Gasteiger charge is -2.24. The monoisotopic (exact) mass is 352 g/mol. The summed E-state index contributed by atoms with van der Waals surface area (Å²) < 4.78 is 11.2. The normalized spacial score (nSPS) is 15.3. The van der Waals surface area contributed by atoms with E-state index >= 15 is 0 Å². The van der Waals surface area contributed by atoms with E-state index in [1.807, 2.05) is 32.1 Å². The average molecular weight is 352 g/mol. The van der Waals surface area contributed by atoms with E-state index < -0.39 is 5.91 Å². The molecule has 1 amide bonds. The number of nitrogens with two attached hydrogens (primary N) is 2. The predicted molar refractivity (Wildman–Crippen MR) is 99.2 cm³/mol. The Balaban J connectivity index is 2.02. The van der Waals surface area contributed by atoms with Gasteiger partial charge in [0, 0.05) is 29.0 Å². The van der Waals surface area contributed by atoms with Crippen molar-refractivity contribution in [2.24, 2.45) is 16.5 Å². The van der Waals surface area contributed by atoms with Gasteiger partial charge in [-0.2, -0.15) is 4.99 Å². The Bertz CT molecular complexity index is 884. The molecule has 134 valence electrons. The van der Waals surface area contributed by atoms with Crippen LogP contribution in [0.4, 0.5) is 0 Å². The van der Waals surface area contributed by atoms with Crippen molar-refractivity contribution in [2.75, 3.05) is 6.61 Å². The van der Waals surface area contributed by atoms with Crippen molar-refractivity contribution in [1.29, 1.82) is 0 Å².